The molecule has 146 valence electrons. The van der Waals surface area contributed by atoms with Crippen molar-refractivity contribution in [3.63, 3.8) is 0 Å². The van der Waals surface area contributed by atoms with Gasteiger partial charge in [0.15, 0.2) is 5.96 Å². The second-order valence-corrected chi connectivity index (χ2v) is 6.75. The van der Waals surface area contributed by atoms with Crippen molar-refractivity contribution in [3.05, 3.63) is 0 Å². The molecule has 1 heterocycles. The first-order valence-corrected chi connectivity index (χ1v) is 8.10. The molecule has 0 aliphatic carbocycles. The number of carbonyl (C=O) groups excluding carboxylic acids is 1. The van der Waals surface area contributed by atoms with E-state index in [0.717, 1.165) is 0 Å². The monoisotopic (exact) mass is 368 g/mol. The van der Waals surface area contributed by atoms with Crippen LogP contribution in [0.2, 0.25) is 0 Å². The summed E-state index contributed by atoms with van der Waals surface area (Å²) in [5.74, 6) is 0.532. The van der Waals surface area contributed by atoms with E-state index in [-0.39, 0.29) is 18.7 Å². The molecule has 0 radical (unpaired) electrons. The average Bonchev–Trinajstić information content (AvgIpc) is 2.40. The Morgan fingerprint density at radius 2 is 1.92 bits per heavy atom. The van der Waals surface area contributed by atoms with Gasteiger partial charge in [0.25, 0.3) is 0 Å². The summed E-state index contributed by atoms with van der Waals surface area (Å²) in [6, 6.07) is 0.0557. The number of rotatable bonds is 6. The van der Waals surface area contributed by atoms with Gasteiger partial charge in [-0.3, -0.25) is 4.99 Å². The zero-order chi connectivity index (χ0) is 19.1. The Bertz CT molecular complexity index is 458. The van der Waals surface area contributed by atoms with Crippen LogP contribution in [-0.2, 0) is 9.47 Å². The predicted octanol–water partition coefficient (Wildman–Crippen LogP) is 1.74. The highest BCUT2D eigenvalue weighted by Crippen LogP contribution is 2.15. The van der Waals surface area contributed by atoms with Crippen molar-refractivity contribution in [1.82, 2.24) is 15.5 Å². The molecule has 1 aliphatic rings. The number of amides is 1. The zero-order valence-corrected chi connectivity index (χ0v) is 15.1. The molecule has 0 aromatic rings. The lowest BCUT2D eigenvalue weighted by molar-refractivity contribution is -0.173. The van der Waals surface area contributed by atoms with Gasteiger partial charge in [-0.15, -0.1) is 0 Å². The fraction of sp³-hybridized carbons (Fsp3) is 0.867. The normalized spacial score (nSPS) is 16.4. The van der Waals surface area contributed by atoms with Crippen molar-refractivity contribution in [3.8, 4) is 0 Å². The molecule has 0 unspecified atom stereocenters. The molecule has 1 amide bonds. The molecule has 0 bridgehead atoms. The van der Waals surface area contributed by atoms with Crippen LogP contribution in [-0.4, -0.2) is 74.7 Å². The van der Waals surface area contributed by atoms with Gasteiger partial charge < -0.3 is 25.0 Å². The number of hydrogen-bond donors (Lipinski definition) is 2. The topological polar surface area (TPSA) is 75.2 Å². The van der Waals surface area contributed by atoms with Gasteiger partial charge in [0.2, 0.25) is 0 Å². The molecule has 0 aromatic carbocycles. The van der Waals surface area contributed by atoms with Crippen molar-refractivity contribution >= 4 is 12.1 Å². The van der Waals surface area contributed by atoms with Gasteiger partial charge in [-0.2, -0.15) is 13.2 Å². The molecular formula is C15H27F3N4O3. The number of hydrogen-bond acceptors (Lipinski definition) is 4. The smallest absolute Gasteiger partial charge is 0.411 e. The van der Waals surface area contributed by atoms with Gasteiger partial charge in [0.05, 0.1) is 6.04 Å². The van der Waals surface area contributed by atoms with Crippen LogP contribution in [0.4, 0.5) is 18.0 Å². The number of likely N-dealkylation sites (tertiary alicyclic amines) is 1. The van der Waals surface area contributed by atoms with Gasteiger partial charge in [0, 0.05) is 33.3 Å². The maximum absolute atomic E-state index is 11.9. The Kier molecular flexibility index (Phi) is 7.78. The third-order valence-corrected chi connectivity index (χ3v) is 3.12. The molecule has 1 saturated heterocycles. The van der Waals surface area contributed by atoms with Crippen LogP contribution in [0, 0.1) is 0 Å². The van der Waals surface area contributed by atoms with Crippen LogP contribution in [0.1, 0.15) is 27.2 Å². The zero-order valence-electron chi connectivity index (χ0n) is 15.1. The molecule has 0 saturated carbocycles. The van der Waals surface area contributed by atoms with Crippen molar-refractivity contribution in [2.75, 3.05) is 39.9 Å². The first-order chi connectivity index (χ1) is 11.5. The number of nitrogens with zero attached hydrogens (tertiary/aromatic N) is 2. The molecule has 1 rings (SSSR count). The summed E-state index contributed by atoms with van der Waals surface area (Å²) in [6.07, 6.45) is -4.23. The van der Waals surface area contributed by atoms with Gasteiger partial charge in [-0.25, -0.2) is 4.79 Å². The first-order valence-electron chi connectivity index (χ1n) is 8.10. The molecule has 25 heavy (non-hydrogen) atoms. The highest BCUT2D eigenvalue weighted by atomic mass is 19.4. The number of halogens is 3. The van der Waals surface area contributed by atoms with Crippen molar-refractivity contribution in [1.29, 1.82) is 0 Å². The van der Waals surface area contributed by atoms with Crippen LogP contribution < -0.4 is 10.6 Å². The Morgan fingerprint density at radius 1 is 1.28 bits per heavy atom. The Morgan fingerprint density at radius 3 is 2.44 bits per heavy atom. The standard InChI is InChI=1S/C15H27F3N4O3/c1-14(2,3)25-13(23)22-8-11(9-22)21-12(19-4)20-6-5-7-24-10-15(16,17)18/h11H,5-10H2,1-4H3,(H2,19,20,21). The summed E-state index contributed by atoms with van der Waals surface area (Å²) < 4.78 is 45.5. The Labute approximate surface area is 145 Å². The molecular weight excluding hydrogens is 341 g/mol. The lowest BCUT2D eigenvalue weighted by atomic mass is 10.1. The lowest BCUT2D eigenvalue weighted by Gasteiger charge is -2.40. The lowest BCUT2D eigenvalue weighted by Crippen LogP contribution is -2.63. The minimum Gasteiger partial charge on any atom is -0.444 e. The summed E-state index contributed by atoms with van der Waals surface area (Å²) >= 11 is 0. The van der Waals surface area contributed by atoms with E-state index in [0.29, 0.717) is 32.0 Å². The summed E-state index contributed by atoms with van der Waals surface area (Å²) in [5, 5.41) is 6.13. The minimum atomic E-state index is -4.30. The van der Waals surface area contributed by atoms with Crippen LogP contribution >= 0.6 is 0 Å². The Balaban J connectivity index is 2.15. The fourth-order valence-electron chi connectivity index (χ4n) is 2.00. The highest BCUT2D eigenvalue weighted by Gasteiger charge is 2.34. The maximum atomic E-state index is 11.9. The average molecular weight is 368 g/mol. The van der Waals surface area contributed by atoms with E-state index in [1.165, 1.54) is 0 Å². The number of aliphatic imine (C=N–C) groups is 1. The van der Waals surface area contributed by atoms with E-state index in [2.05, 4.69) is 20.4 Å². The van der Waals surface area contributed by atoms with Crippen LogP contribution in [0.3, 0.4) is 0 Å². The Hall–Kier alpha value is -1.71. The summed E-state index contributed by atoms with van der Waals surface area (Å²) in [6.45, 7) is 5.65. The van der Waals surface area contributed by atoms with Crippen LogP contribution in [0.25, 0.3) is 0 Å². The molecule has 1 aliphatic heterocycles. The highest BCUT2D eigenvalue weighted by molar-refractivity contribution is 5.80. The summed E-state index contributed by atoms with van der Waals surface area (Å²) in [7, 11) is 1.60. The molecule has 1 fully saturated rings. The summed E-state index contributed by atoms with van der Waals surface area (Å²) in [4.78, 5) is 17.4. The van der Waals surface area contributed by atoms with Crippen molar-refractivity contribution < 1.29 is 27.4 Å². The third-order valence-electron chi connectivity index (χ3n) is 3.12. The number of nitrogens with one attached hydrogen (secondary N) is 2. The molecule has 0 atom stereocenters. The van der Waals surface area contributed by atoms with E-state index in [9.17, 15) is 18.0 Å². The molecule has 0 spiro atoms. The maximum Gasteiger partial charge on any atom is 0.411 e. The van der Waals surface area contributed by atoms with Crippen molar-refractivity contribution in [2.24, 2.45) is 4.99 Å². The number of alkyl halides is 3. The fourth-order valence-corrected chi connectivity index (χ4v) is 2.00. The third kappa shape index (κ3) is 9.37. The van der Waals surface area contributed by atoms with Gasteiger partial charge in [-0.05, 0) is 27.2 Å². The second-order valence-electron chi connectivity index (χ2n) is 6.75. The quantitative estimate of drug-likeness (QED) is 0.424. The molecule has 2 N–H and O–H groups in total. The first kappa shape index (κ1) is 21.3. The van der Waals surface area contributed by atoms with Gasteiger partial charge in [0.1, 0.15) is 12.2 Å². The van der Waals surface area contributed by atoms with E-state index in [1.54, 1.807) is 11.9 Å². The molecule has 0 aromatic heterocycles. The van der Waals surface area contributed by atoms with Crippen LogP contribution in [0.5, 0.6) is 0 Å². The van der Waals surface area contributed by atoms with Gasteiger partial charge >= 0.3 is 12.3 Å². The van der Waals surface area contributed by atoms with E-state index >= 15 is 0 Å². The second kappa shape index (κ2) is 9.12. The summed E-state index contributed by atoms with van der Waals surface area (Å²) in [5.41, 5.74) is -0.526. The predicted molar refractivity (Wildman–Crippen MR) is 87.6 cm³/mol. The van der Waals surface area contributed by atoms with E-state index < -0.39 is 18.4 Å². The molecule has 7 nitrogen and oxygen atoms in total. The minimum absolute atomic E-state index is 0.0132. The van der Waals surface area contributed by atoms with Crippen molar-refractivity contribution in [2.45, 2.75) is 45.0 Å². The van der Waals surface area contributed by atoms with E-state index in [4.69, 9.17) is 4.74 Å². The van der Waals surface area contributed by atoms with Gasteiger partial charge in [-0.1, -0.05) is 0 Å². The van der Waals surface area contributed by atoms with Crippen LogP contribution in [0.15, 0.2) is 4.99 Å². The molecule has 10 heteroatoms. The SMILES string of the molecule is CN=C(NCCCOCC(F)(F)F)NC1CN(C(=O)OC(C)(C)C)C1. The number of ether oxygens (including phenoxy) is 2. The van der Waals surface area contributed by atoms with E-state index in [1.807, 2.05) is 20.8 Å². The number of carbonyl (C=O) groups is 1. The largest absolute Gasteiger partial charge is 0.444 e. The number of guanidine groups is 1.